The summed E-state index contributed by atoms with van der Waals surface area (Å²) in [5, 5.41) is 9.18. The van der Waals surface area contributed by atoms with Crippen molar-refractivity contribution >= 4 is 11.7 Å². The van der Waals surface area contributed by atoms with E-state index in [0.717, 1.165) is 5.56 Å². The molecular formula is C15H15NO4. The van der Waals surface area contributed by atoms with Gasteiger partial charge in [0.15, 0.2) is 0 Å². The van der Waals surface area contributed by atoms with Gasteiger partial charge in [-0.1, -0.05) is 18.2 Å². The first kappa shape index (κ1) is 13.7. The lowest BCUT2D eigenvalue weighted by atomic mass is 10.1. The largest absolute Gasteiger partial charge is 0.508 e. The van der Waals surface area contributed by atoms with Crippen molar-refractivity contribution < 1.29 is 19.4 Å². The third-order valence-corrected chi connectivity index (χ3v) is 2.79. The Morgan fingerprint density at radius 2 is 1.90 bits per heavy atom. The number of hydrogen-bond donors (Lipinski definition) is 2. The van der Waals surface area contributed by atoms with E-state index < -0.39 is 5.97 Å². The predicted octanol–water partition coefficient (Wildman–Crippen LogP) is 2.34. The monoisotopic (exact) mass is 273 g/mol. The highest BCUT2D eigenvalue weighted by Gasteiger charge is 2.17. The van der Waals surface area contributed by atoms with Gasteiger partial charge in [0.1, 0.15) is 23.7 Å². The number of carbonyl (C=O) groups excluding carboxylic acids is 1. The zero-order chi connectivity index (χ0) is 14.5. The molecule has 0 saturated carbocycles. The van der Waals surface area contributed by atoms with Crippen molar-refractivity contribution in [1.82, 2.24) is 0 Å². The molecule has 0 radical (unpaired) electrons. The number of carbonyl (C=O) groups is 1. The van der Waals surface area contributed by atoms with Gasteiger partial charge in [0.25, 0.3) is 0 Å². The van der Waals surface area contributed by atoms with Crippen molar-refractivity contribution in [2.45, 2.75) is 6.61 Å². The number of rotatable bonds is 4. The summed E-state index contributed by atoms with van der Waals surface area (Å²) in [5.41, 5.74) is 7.06. The molecule has 3 N–H and O–H groups in total. The van der Waals surface area contributed by atoms with Gasteiger partial charge in [0.2, 0.25) is 0 Å². The molecule has 20 heavy (non-hydrogen) atoms. The topological polar surface area (TPSA) is 81.8 Å². The summed E-state index contributed by atoms with van der Waals surface area (Å²) in [6, 6.07) is 11.4. The van der Waals surface area contributed by atoms with E-state index in [1.54, 1.807) is 30.3 Å². The van der Waals surface area contributed by atoms with Crippen LogP contribution in [0.4, 0.5) is 5.69 Å². The van der Waals surface area contributed by atoms with Crippen molar-refractivity contribution in [3.63, 3.8) is 0 Å². The zero-order valence-corrected chi connectivity index (χ0v) is 11.0. The van der Waals surface area contributed by atoms with E-state index in [9.17, 15) is 9.90 Å². The van der Waals surface area contributed by atoms with E-state index in [1.165, 1.54) is 19.2 Å². The van der Waals surface area contributed by atoms with Gasteiger partial charge in [-0.05, 0) is 29.8 Å². The fraction of sp³-hybridized carbons (Fsp3) is 0.133. The van der Waals surface area contributed by atoms with E-state index in [4.69, 9.17) is 15.2 Å². The van der Waals surface area contributed by atoms with Gasteiger partial charge in [0.05, 0.1) is 7.11 Å². The van der Waals surface area contributed by atoms with Gasteiger partial charge in [-0.3, -0.25) is 0 Å². The molecule has 0 bridgehead atoms. The lowest BCUT2D eigenvalue weighted by molar-refractivity contribution is 0.0470. The molecule has 0 unspecified atom stereocenters. The molecule has 0 spiro atoms. The van der Waals surface area contributed by atoms with Crippen molar-refractivity contribution in [3.8, 4) is 11.5 Å². The SMILES string of the molecule is COc1cccc(N)c1C(=O)OCc1ccc(O)cc1. The number of esters is 1. The predicted molar refractivity (Wildman–Crippen MR) is 74.6 cm³/mol. The maximum Gasteiger partial charge on any atom is 0.344 e. The van der Waals surface area contributed by atoms with Crippen molar-refractivity contribution in [1.29, 1.82) is 0 Å². The smallest absolute Gasteiger partial charge is 0.344 e. The summed E-state index contributed by atoms with van der Waals surface area (Å²) < 4.78 is 10.3. The Morgan fingerprint density at radius 1 is 1.20 bits per heavy atom. The number of phenols is 1. The fourth-order valence-corrected chi connectivity index (χ4v) is 1.75. The first-order valence-corrected chi connectivity index (χ1v) is 5.99. The normalized spacial score (nSPS) is 10.1. The molecule has 0 aliphatic heterocycles. The average Bonchev–Trinajstić information content (AvgIpc) is 2.46. The van der Waals surface area contributed by atoms with E-state index in [2.05, 4.69) is 0 Å². The number of phenolic OH excluding ortho intramolecular Hbond substituents is 1. The van der Waals surface area contributed by atoms with Crippen LogP contribution in [0.1, 0.15) is 15.9 Å². The first-order valence-electron chi connectivity index (χ1n) is 5.99. The Labute approximate surface area is 116 Å². The zero-order valence-electron chi connectivity index (χ0n) is 11.0. The fourth-order valence-electron chi connectivity index (χ4n) is 1.75. The molecule has 104 valence electrons. The molecule has 0 aliphatic carbocycles. The van der Waals surface area contributed by atoms with Crippen molar-refractivity contribution in [2.75, 3.05) is 12.8 Å². The maximum absolute atomic E-state index is 12.1. The quantitative estimate of drug-likeness (QED) is 0.660. The van der Waals surface area contributed by atoms with Gasteiger partial charge in [-0.25, -0.2) is 4.79 Å². The number of aromatic hydroxyl groups is 1. The van der Waals surface area contributed by atoms with Crippen LogP contribution in [0.2, 0.25) is 0 Å². The third kappa shape index (κ3) is 3.00. The summed E-state index contributed by atoms with van der Waals surface area (Å²) in [7, 11) is 1.46. The van der Waals surface area contributed by atoms with E-state index >= 15 is 0 Å². The lowest BCUT2D eigenvalue weighted by Gasteiger charge is -2.11. The summed E-state index contributed by atoms with van der Waals surface area (Å²) in [6.07, 6.45) is 0. The second-order valence-electron chi connectivity index (χ2n) is 4.17. The molecule has 0 aromatic heterocycles. The van der Waals surface area contributed by atoms with Crippen LogP contribution in [0.25, 0.3) is 0 Å². The molecule has 5 heteroatoms. The second kappa shape index (κ2) is 5.97. The Hall–Kier alpha value is -2.69. The van der Waals surface area contributed by atoms with Crippen molar-refractivity contribution in [2.24, 2.45) is 0 Å². The Kier molecular flexibility index (Phi) is 4.10. The standard InChI is InChI=1S/C15H15NO4/c1-19-13-4-2-3-12(16)14(13)15(18)20-9-10-5-7-11(17)8-6-10/h2-8,17H,9,16H2,1H3. The van der Waals surface area contributed by atoms with Crippen LogP contribution in [0.15, 0.2) is 42.5 Å². The third-order valence-electron chi connectivity index (χ3n) is 2.79. The lowest BCUT2D eigenvalue weighted by Crippen LogP contribution is -2.10. The molecule has 2 rings (SSSR count). The number of nitrogen functional groups attached to an aromatic ring is 1. The minimum Gasteiger partial charge on any atom is -0.508 e. The molecule has 2 aromatic rings. The molecule has 0 aliphatic rings. The number of ether oxygens (including phenoxy) is 2. The van der Waals surface area contributed by atoms with E-state index in [1.807, 2.05) is 0 Å². The van der Waals surface area contributed by atoms with E-state index in [-0.39, 0.29) is 17.9 Å². The molecule has 0 heterocycles. The van der Waals surface area contributed by atoms with Crippen LogP contribution in [0.3, 0.4) is 0 Å². The Morgan fingerprint density at radius 3 is 2.55 bits per heavy atom. The Balaban J connectivity index is 2.11. The summed E-state index contributed by atoms with van der Waals surface area (Å²) in [4.78, 5) is 12.1. The minimum atomic E-state index is -0.548. The molecule has 5 nitrogen and oxygen atoms in total. The Bertz CT molecular complexity index is 608. The minimum absolute atomic E-state index is 0.0939. The molecular weight excluding hydrogens is 258 g/mol. The first-order chi connectivity index (χ1) is 9.61. The number of methoxy groups -OCH3 is 1. The van der Waals surface area contributed by atoms with E-state index in [0.29, 0.717) is 11.4 Å². The summed E-state index contributed by atoms with van der Waals surface area (Å²) >= 11 is 0. The van der Waals surface area contributed by atoms with Gasteiger partial charge in [-0.2, -0.15) is 0 Å². The molecule has 0 atom stereocenters. The molecule has 0 saturated heterocycles. The van der Waals surface area contributed by atoms with Gasteiger partial charge < -0.3 is 20.3 Å². The van der Waals surface area contributed by atoms with Crippen molar-refractivity contribution in [3.05, 3.63) is 53.6 Å². The number of benzene rings is 2. The van der Waals surface area contributed by atoms with Crippen LogP contribution in [0.5, 0.6) is 11.5 Å². The molecule has 2 aromatic carbocycles. The van der Waals surface area contributed by atoms with Gasteiger partial charge >= 0.3 is 5.97 Å². The number of hydrogen-bond acceptors (Lipinski definition) is 5. The summed E-state index contributed by atoms with van der Waals surface area (Å²) in [6.45, 7) is 0.0939. The highest BCUT2D eigenvalue weighted by Crippen LogP contribution is 2.25. The number of anilines is 1. The van der Waals surface area contributed by atoms with Crippen LogP contribution in [0, 0.1) is 0 Å². The van der Waals surface area contributed by atoms with Gasteiger partial charge in [-0.15, -0.1) is 0 Å². The summed E-state index contributed by atoms with van der Waals surface area (Å²) in [5.74, 6) is -0.0113. The molecule has 0 fully saturated rings. The van der Waals surface area contributed by atoms with Crippen LogP contribution in [-0.2, 0) is 11.3 Å². The maximum atomic E-state index is 12.1. The van der Waals surface area contributed by atoms with Gasteiger partial charge in [0, 0.05) is 5.69 Å². The highest BCUT2D eigenvalue weighted by molar-refractivity contribution is 5.98. The average molecular weight is 273 g/mol. The number of nitrogens with two attached hydrogens (primary N) is 1. The van der Waals surface area contributed by atoms with Crippen LogP contribution in [-0.4, -0.2) is 18.2 Å². The second-order valence-corrected chi connectivity index (χ2v) is 4.17. The van der Waals surface area contributed by atoms with Crippen LogP contribution >= 0.6 is 0 Å². The highest BCUT2D eigenvalue weighted by atomic mass is 16.5. The molecule has 0 amide bonds. The van der Waals surface area contributed by atoms with Crippen LogP contribution < -0.4 is 10.5 Å².